The van der Waals surface area contributed by atoms with E-state index in [4.69, 9.17) is 9.47 Å². The molecule has 0 radical (unpaired) electrons. The van der Waals surface area contributed by atoms with E-state index in [9.17, 15) is 0 Å². The van der Waals surface area contributed by atoms with Crippen LogP contribution in [0.3, 0.4) is 0 Å². The summed E-state index contributed by atoms with van der Waals surface area (Å²) in [5.74, 6) is 2.41. The Bertz CT molecular complexity index is 432. The molecule has 0 amide bonds. The van der Waals surface area contributed by atoms with Crippen molar-refractivity contribution in [2.45, 2.75) is 20.0 Å². The van der Waals surface area contributed by atoms with Gasteiger partial charge < -0.3 is 20.1 Å². The molecule has 1 aliphatic heterocycles. The Morgan fingerprint density at radius 3 is 2.50 bits per heavy atom. The van der Waals surface area contributed by atoms with Crippen molar-refractivity contribution in [1.82, 2.24) is 10.6 Å². The molecule has 112 valence electrons. The number of nitrogens with one attached hydrogen (secondary N) is 2. The minimum absolute atomic E-state index is 0. The molecule has 1 aromatic carbocycles. The summed E-state index contributed by atoms with van der Waals surface area (Å²) in [4.78, 5) is 4.49. The highest BCUT2D eigenvalue weighted by atomic mass is 79.9. The predicted octanol–water partition coefficient (Wildman–Crippen LogP) is 1.98. The molecule has 0 saturated carbocycles. The minimum atomic E-state index is -0.0396. The minimum Gasteiger partial charge on any atom is -0.486 e. The molecule has 2 N–H and O–H groups in total. The number of hydrogen-bond acceptors (Lipinski definition) is 3. The van der Waals surface area contributed by atoms with Gasteiger partial charge in [-0.15, -0.1) is 17.0 Å². The molecule has 0 spiro atoms. The number of benzene rings is 1. The quantitative estimate of drug-likeness (QED) is 0.648. The zero-order chi connectivity index (χ0) is 13.5. The van der Waals surface area contributed by atoms with Gasteiger partial charge in [0.05, 0.1) is 6.54 Å². The summed E-state index contributed by atoms with van der Waals surface area (Å²) in [6.45, 7) is 6.88. The van der Waals surface area contributed by atoms with E-state index < -0.39 is 0 Å². The van der Waals surface area contributed by atoms with Gasteiger partial charge in [0.2, 0.25) is 0 Å². The van der Waals surface area contributed by atoms with Crippen molar-refractivity contribution in [2.75, 3.05) is 26.2 Å². The third kappa shape index (κ3) is 4.59. The largest absolute Gasteiger partial charge is 0.486 e. The predicted molar refractivity (Wildman–Crippen MR) is 86.3 cm³/mol. The summed E-state index contributed by atoms with van der Waals surface area (Å²) in [7, 11) is 0. The topological polar surface area (TPSA) is 54.9 Å². The molecule has 2 rings (SSSR count). The number of para-hydroxylation sites is 2. The van der Waals surface area contributed by atoms with Gasteiger partial charge in [0.1, 0.15) is 6.61 Å². The highest BCUT2D eigenvalue weighted by molar-refractivity contribution is 8.93. The van der Waals surface area contributed by atoms with Gasteiger partial charge in [0.15, 0.2) is 23.6 Å². The van der Waals surface area contributed by atoms with E-state index in [1.807, 2.05) is 38.1 Å². The first-order chi connectivity index (χ1) is 9.33. The number of nitrogens with zero attached hydrogens (tertiary/aromatic N) is 1. The summed E-state index contributed by atoms with van der Waals surface area (Å²) in [6, 6.07) is 7.71. The highest BCUT2D eigenvalue weighted by Crippen LogP contribution is 2.30. The zero-order valence-electron chi connectivity index (χ0n) is 11.9. The molecule has 0 aromatic heterocycles. The number of fused-ring (bicyclic) bond motifs is 1. The van der Waals surface area contributed by atoms with Gasteiger partial charge >= 0.3 is 0 Å². The van der Waals surface area contributed by atoms with Crippen LogP contribution in [0.25, 0.3) is 0 Å². The highest BCUT2D eigenvalue weighted by Gasteiger charge is 2.20. The van der Waals surface area contributed by atoms with Gasteiger partial charge in [-0.2, -0.15) is 0 Å². The van der Waals surface area contributed by atoms with Crippen LogP contribution in [-0.4, -0.2) is 38.3 Å². The first kappa shape index (κ1) is 16.6. The first-order valence-corrected chi connectivity index (χ1v) is 6.74. The van der Waals surface area contributed by atoms with Crippen molar-refractivity contribution < 1.29 is 9.47 Å². The Balaban J connectivity index is 0.00000200. The number of rotatable bonds is 4. The van der Waals surface area contributed by atoms with Crippen LogP contribution in [0.4, 0.5) is 0 Å². The fraction of sp³-hybridized carbons (Fsp3) is 0.500. The van der Waals surface area contributed by atoms with Gasteiger partial charge in [-0.1, -0.05) is 12.1 Å². The average Bonchev–Trinajstić information content (AvgIpc) is 2.45. The molecule has 0 fully saturated rings. The fourth-order valence-electron chi connectivity index (χ4n) is 1.86. The lowest BCUT2D eigenvalue weighted by molar-refractivity contribution is 0.0971. The molecule has 1 atom stereocenters. The van der Waals surface area contributed by atoms with Crippen LogP contribution in [0.2, 0.25) is 0 Å². The van der Waals surface area contributed by atoms with Crippen LogP contribution in [0.1, 0.15) is 13.8 Å². The molecule has 1 heterocycles. The van der Waals surface area contributed by atoms with E-state index in [0.717, 1.165) is 30.5 Å². The van der Waals surface area contributed by atoms with Crippen LogP contribution < -0.4 is 20.1 Å². The lowest BCUT2D eigenvalue weighted by atomic mass is 10.2. The maximum Gasteiger partial charge on any atom is 0.191 e. The number of aliphatic imine (C=N–C) groups is 1. The third-order valence-electron chi connectivity index (χ3n) is 2.71. The zero-order valence-corrected chi connectivity index (χ0v) is 13.6. The second-order valence-electron chi connectivity index (χ2n) is 4.25. The molecule has 0 saturated heterocycles. The van der Waals surface area contributed by atoms with E-state index in [1.165, 1.54) is 0 Å². The van der Waals surface area contributed by atoms with Crippen LogP contribution >= 0.6 is 17.0 Å². The Hall–Kier alpha value is -1.43. The summed E-state index contributed by atoms with van der Waals surface area (Å²) < 4.78 is 11.5. The average molecular weight is 344 g/mol. The van der Waals surface area contributed by atoms with E-state index in [2.05, 4.69) is 15.6 Å². The van der Waals surface area contributed by atoms with E-state index in [1.54, 1.807) is 0 Å². The van der Waals surface area contributed by atoms with Crippen molar-refractivity contribution in [1.29, 1.82) is 0 Å². The summed E-state index contributed by atoms with van der Waals surface area (Å²) >= 11 is 0. The first-order valence-electron chi connectivity index (χ1n) is 6.74. The third-order valence-corrected chi connectivity index (χ3v) is 2.71. The van der Waals surface area contributed by atoms with E-state index in [0.29, 0.717) is 13.2 Å². The number of ether oxygens (including phenoxy) is 2. The molecular formula is C14H22BrN3O2. The SMILES string of the molecule is Br.CCNC(=NCC1COc2ccccc2O1)NCC. The number of hydrogen-bond donors (Lipinski definition) is 2. The Morgan fingerprint density at radius 1 is 1.20 bits per heavy atom. The lowest BCUT2D eigenvalue weighted by Crippen LogP contribution is -2.39. The Morgan fingerprint density at radius 2 is 1.85 bits per heavy atom. The second kappa shape index (κ2) is 8.68. The Labute approximate surface area is 130 Å². The molecule has 1 aliphatic rings. The van der Waals surface area contributed by atoms with Gasteiger partial charge in [-0.25, -0.2) is 4.99 Å². The van der Waals surface area contributed by atoms with Gasteiger partial charge in [0, 0.05) is 13.1 Å². The summed E-state index contributed by atoms with van der Waals surface area (Å²) in [5, 5.41) is 6.37. The number of guanidine groups is 1. The fourth-order valence-corrected chi connectivity index (χ4v) is 1.86. The maximum atomic E-state index is 5.85. The standard InChI is InChI=1S/C14H21N3O2.BrH/c1-3-15-14(16-4-2)17-9-11-10-18-12-7-5-6-8-13(12)19-11;/h5-8,11H,3-4,9-10H2,1-2H3,(H2,15,16,17);1H. The van der Waals surface area contributed by atoms with Crippen LogP contribution in [0.15, 0.2) is 29.3 Å². The Kier molecular flexibility index (Phi) is 7.22. The van der Waals surface area contributed by atoms with Crippen LogP contribution in [-0.2, 0) is 0 Å². The number of halogens is 1. The van der Waals surface area contributed by atoms with Crippen molar-refractivity contribution in [3.05, 3.63) is 24.3 Å². The van der Waals surface area contributed by atoms with Crippen molar-refractivity contribution in [2.24, 2.45) is 4.99 Å². The van der Waals surface area contributed by atoms with Crippen molar-refractivity contribution in [3.8, 4) is 11.5 Å². The van der Waals surface area contributed by atoms with Gasteiger partial charge in [0.25, 0.3) is 0 Å². The summed E-state index contributed by atoms with van der Waals surface area (Å²) in [5.41, 5.74) is 0. The monoisotopic (exact) mass is 343 g/mol. The maximum absolute atomic E-state index is 5.85. The molecule has 1 aromatic rings. The molecule has 0 aliphatic carbocycles. The normalized spacial score (nSPS) is 15.8. The summed E-state index contributed by atoms with van der Waals surface area (Å²) in [6.07, 6.45) is -0.0396. The second-order valence-corrected chi connectivity index (χ2v) is 4.25. The van der Waals surface area contributed by atoms with Crippen molar-refractivity contribution >= 4 is 22.9 Å². The smallest absolute Gasteiger partial charge is 0.191 e. The van der Waals surface area contributed by atoms with Crippen molar-refractivity contribution in [3.63, 3.8) is 0 Å². The van der Waals surface area contributed by atoms with E-state index in [-0.39, 0.29) is 23.1 Å². The molecule has 5 nitrogen and oxygen atoms in total. The van der Waals surface area contributed by atoms with Gasteiger partial charge in [-0.3, -0.25) is 0 Å². The molecule has 6 heteroatoms. The molecule has 1 unspecified atom stereocenters. The molecule has 0 bridgehead atoms. The van der Waals surface area contributed by atoms with Gasteiger partial charge in [-0.05, 0) is 26.0 Å². The lowest BCUT2D eigenvalue weighted by Gasteiger charge is -2.25. The molecule has 20 heavy (non-hydrogen) atoms. The van der Waals surface area contributed by atoms with Crippen LogP contribution in [0.5, 0.6) is 11.5 Å². The van der Waals surface area contributed by atoms with Crippen LogP contribution in [0, 0.1) is 0 Å². The molecular weight excluding hydrogens is 322 g/mol. The van der Waals surface area contributed by atoms with E-state index >= 15 is 0 Å².